The van der Waals surface area contributed by atoms with Crippen LogP contribution in [0, 0.1) is 11.3 Å². The van der Waals surface area contributed by atoms with Gasteiger partial charge in [0.15, 0.2) is 0 Å². The maximum atomic E-state index is 10.5. The minimum Gasteiger partial charge on any atom is -0.481 e. The van der Waals surface area contributed by atoms with Gasteiger partial charge in [-0.3, -0.25) is 9.78 Å². The highest BCUT2D eigenvalue weighted by Crippen LogP contribution is 2.30. The Hall–Kier alpha value is -2.06. The Kier molecular flexibility index (Phi) is 3.80. The molecule has 0 aliphatic rings. The van der Waals surface area contributed by atoms with E-state index in [2.05, 4.69) is 11.1 Å². The number of para-hydroxylation sites is 1. The van der Waals surface area contributed by atoms with E-state index in [1.54, 1.807) is 0 Å². The van der Waals surface area contributed by atoms with Gasteiger partial charge in [-0.15, -0.1) is 11.8 Å². The summed E-state index contributed by atoms with van der Waals surface area (Å²) in [6, 6.07) is 9.63. The molecule has 0 radical (unpaired) electrons. The molecule has 0 saturated heterocycles. The van der Waals surface area contributed by atoms with E-state index in [-0.39, 0.29) is 6.42 Å². The molecule has 0 fully saturated rings. The predicted molar refractivity (Wildman–Crippen MR) is 69.4 cm³/mol. The minimum absolute atomic E-state index is 0.0756. The number of thioether (sulfide) groups is 1. The van der Waals surface area contributed by atoms with Crippen molar-refractivity contribution >= 4 is 28.6 Å². The van der Waals surface area contributed by atoms with Crippen molar-refractivity contribution in [1.29, 1.82) is 5.26 Å². The Morgan fingerprint density at radius 1 is 1.44 bits per heavy atom. The molecule has 0 aliphatic carbocycles. The van der Waals surface area contributed by atoms with Crippen molar-refractivity contribution in [2.45, 2.75) is 11.3 Å². The summed E-state index contributed by atoms with van der Waals surface area (Å²) in [6.45, 7) is 0. The lowest BCUT2D eigenvalue weighted by Gasteiger charge is -2.06. The Balaban J connectivity index is 2.39. The van der Waals surface area contributed by atoms with Gasteiger partial charge < -0.3 is 5.11 Å². The van der Waals surface area contributed by atoms with Crippen LogP contribution in [-0.2, 0) is 4.79 Å². The minimum atomic E-state index is -0.834. The first-order valence-electron chi connectivity index (χ1n) is 5.35. The van der Waals surface area contributed by atoms with E-state index in [9.17, 15) is 4.79 Å². The molecular weight excluding hydrogens is 248 g/mol. The number of hydrogen-bond donors (Lipinski definition) is 1. The molecule has 0 amide bonds. The third-order valence-corrected chi connectivity index (χ3v) is 3.55. The van der Waals surface area contributed by atoms with E-state index in [4.69, 9.17) is 10.4 Å². The topological polar surface area (TPSA) is 74.0 Å². The standard InChI is InChI=1S/C13H10N2O2S/c14-7-9-8-15-11-4-2-1-3-10(11)13(9)18-6-5-12(16)17/h1-4,8H,5-6H2,(H,16,17). The van der Waals surface area contributed by atoms with Crippen molar-refractivity contribution in [3.8, 4) is 6.07 Å². The fourth-order valence-electron chi connectivity index (χ4n) is 1.59. The van der Waals surface area contributed by atoms with Gasteiger partial charge in [0.05, 0.1) is 17.5 Å². The van der Waals surface area contributed by atoms with Crippen molar-refractivity contribution in [2.24, 2.45) is 0 Å². The molecule has 1 aromatic carbocycles. The van der Waals surface area contributed by atoms with Crippen molar-refractivity contribution in [3.63, 3.8) is 0 Å². The molecule has 4 nitrogen and oxygen atoms in total. The number of nitrogens with zero attached hydrogens (tertiary/aromatic N) is 2. The van der Waals surface area contributed by atoms with Crippen molar-refractivity contribution in [2.75, 3.05) is 5.75 Å². The Labute approximate surface area is 108 Å². The largest absolute Gasteiger partial charge is 0.481 e. The summed E-state index contributed by atoms with van der Waals surface area (Å²) < 4.78 is 0. The maximum Gasteiger partial charge on any atom is 0.304 e. The molecule has 0 spiro atoms. The number of pyridine rings is 1. The molecule has 0 unspecified atom stereocenters. The van der Waals surface area contributed by atoms with Crippen LogP contribution in [0.5, 0.6) is 0 Å². The number of carboxylic acids is 1. The lowest BCUT2D eigenvalue weighted by Crippen LogP contribution is -1.97. The molecule has 90 valence electrons. The van der Waals surface area contributed by atoms with Crippen LogP contribution in [0.25, 0.3) is 10.9 Å². The summed E-state index contributed by atoms with van der Waals surface area (Å²) in [5, 5.41) is 18.6. The highest BCUT2D eigenvalue weighted by Gasteiger charge is 2.09. The fourth-order valence-corrected chi connectivity index (χ4v) is 2.65. The lowest BCUT2D eigenvalue weighted by atomic mass is 10.2. The molecule has 0 bridgehead atoms. The smallest absolute Gasteiger partial charge is 0.304 e. The van der Waals surface area contributed by atoms with Crippen LogP contribution < -0.4 is 0 Å². The zero-order valence-corrected chi connectivity index (χ0v) is 10.3. The van der Waals surface area contributed by atoms with E-state index >= 15 is 0 Å². The van der Waals surface area contributed by atoms with Crippen LogP contribution in [0.2, 0.25) is 0 Å². The summed E-state index contributed by atoms with van der Waals surface area (Å²) in [7, 11) is 0. The molecule has 0 atom stereocenters. The van der Waals surface area contributed by atoms with Gasteiger partial charge in [-0.1, -0.05) is 18.2 Å². The second kappa shape index (κ2) is 5.52. The first-order valence-corrected chi connectivity index (χ1v) is 6.33. The average Bonchev–Trinajstić information content (AvgIpc) is 2.38. The van der Waals surface area contributed by atoms with Gasteiger partial charge in [0.25, 0.3) is 0 Å². The molecule has 0 saturated carbocycles. The van der Waals surface area contributed by atoms with Crippen molar-refractivity contribution < 1.29 is 9.90 Å². The van der Waals surface area contributed by atoms with E-state index in [1.165, 1.54) is 18.0 Å². The Morgan fingerprint density at radius 2 is 2.22 bits per heavy atom. The summed E-state index contributed by atoms with van der Waals surface area (Å²) in [6.07, 6.45) is 1.61. The number of aromatic nitrogens is 1. The van der Waals surface area contributed by atoms with Crippen LogP contribution >= 0.6 is 11.8 Å². The third kappa shape index (κ3) is 2.60. The molecule has 2 aromatic rings. The average molecular weight is 258 g/mol. The Bertz CT molecular complexity index is 634. The van der Waals surface area contributed by atoms with E-state index in [0.717, 1.165) is 15.8 Å². The monoisotopic (exact) mass is 258 g/mol. The van der Waals surface area contributed by atoms with Crippen molar-refractivity contribution in [3.05, 3.63) is 36.0 Å². The highest BCUT2D eigenvalue weighted by atomic mass is 32.2. The lowest BCUT2D eigenvalue weighted by molar-refractivity contribution is -0.136. The maximum absolute atomic E-state index is 10.5. The van der Waals surface area contributed by atoms with Gasteiger partial charge in [0, 0.05) is 22.2 Å². The first kappa shape index (κ1) is 12.4. The zero-order valence-electron chi connectivity index (χ0n) is 9.46. The normalized spacial score (nSPS) is 10.2. The first-order chi connectivity index (χ1) is 8.72. The third-order valence-electron chi connectivity index (χ3n) is 2.41. The molecule has 5 heteroatoms. The zero-order chi connectivity index (χ0) is 13.0. The second-order valence-corrected chi connectivity index (χ2v) is 4.73. The number of benzene rings is 1. The molecule has 0 aliphatic heterocycles. The molecule has 1 N–H and O–H groups in total. The molecule has 1 heterocycles. The van der Waals surface area contributed by atoms with Crippen LogP contribution in [0.1, 0.15) is 12.0 Å². The number of rotatable bonds is 4. The summed E-state index contributed by atoms with van der Waals surface area (Å²) in [4.78, 5) is 15.5. The summed E-state index contributed by atoms with van der Waals surface area (Å²) >= 11 is 1.39. The number of aliphatic carboxylic acids is 1. The quantitative estimate of drug-likeness (QED) is 0.853. The molecule has 2 rings (SSSR count). The van der Waals surface area contributed by atoms with Gasteiger partial charge in [0.1, 0.15) is 6.07 Å². The number of carbonyl (C=O) groups is 1. The molecular formula is C13H10N2O2S. The van der Waals surface area contributed by atoms with Crippen LogP contribution in [0.4, 0.5) is 0 Å². The van der Waals surface area contributed by atoms with Crippen LogP contribution in [-0.4, -0.2) is 21.8 Å². The highest BCUT2D eigenvalue weighted by molar-refractivity contribution is 7.99. The summed E-state index contributed by atoms with van der Waals surface area (Å²) in [5.41, 5.74) is 1.30. The molecule has 18 heavy (non-hydrogen) atoms. The van der Waals surface area contributed by atoms with Crippen LogP contribution in [0.15, 0.2) is 35.4 Å². The van der Waals surface area contributed by atoms with Gasteiger partial charge >= 0.3 is 5.97 Å². The van der Waals surface area contributed by atoms with Crippen molar-refractivity contribution in [1.82, 2.24) is 4.98 Å². The molecule has 1 aromatic heterocycles. The Morgan fingerprint density at radius 3 is 2.94 bits per heavy atom. The fraction of sp³-hybridized carbons (Fsp3) is 0.154. The van der Waals surface area contributed by atoms with E-state index in [1.807, 2.05) is 24.3 Å². The SMILES string of the molecule is N#Cc1cnc2ccccc2c1SCCC(=O)O. The van der Waals surface area contributed by atoms with Crippen LogP contribution in [0.3, 0.4) is 0 Å². The van der Waals surface area contributed by atoms with Gasteiger partial charge in [-0.2, -0.15) is 5.26 Å². The number of carboxylic acid groups (broad SMARTS) is 1. The van der Waals surface area contributed by atoms with Gasteiger partial charge in [0.2, 0.25) is 0 Å². The second-order valence-electron chi connectivity index (χ2n) is 3.62. The van der Waals surface area contributed by atoms with E-state index < -0.39 is 5.97 Å². The number of hydrogen-bond acceptors (Lipinski definition) is 4. The van der Waals surface area contributed by atoms with Gasteiger partial charge in [-0.25, -0.2) is 0 Å². The summed E-state index contributed by atoms with van der Waals surface area (Å²) in [5.74, 6) is -0.391. The predicted octanol–water partition coefficient (Wildman–Crippen LogP) is 2.67. The number of nitriles is 1. The van der Waals surface area contributed by atoms with Gasteiger partial charge in [-0.05, 0) is 6.07 Å². The number of fused-ring (bicyclic) bond motifs is 1. The van der Waals surface area contributed by atoms with E-state index in [0.29, 0.717) is 11.3 Å².